The number of aromatic carboxylic acids is 1. The van der Waals surface area contributed by atoms with Gasteiger partial charge in [0.25, 0.3) is 5.52 Å². The largest absolute Gasteiger partial charge is 0.618 e. The molecule has 0 unspecified atom stereocenters. The number of aromatic nitrogens is 1. The Labute approximate surface area is 118 Å². The molecular weight excluding hydrogens is 270 g/mol. The van der Waals surface area contributed by atoms with Gasteiger partial charge in [0.1, 0.15) is 11.1 Å². The molecule has 4 aromatic rings. The summed E-state index contributed by atoms with van der Waals surface area (Å²) < 4.78 is 6.37. The first-order chi connectivity index (χ1) is 10.2. The minimum Gasteiger partial charge on any atom is -0.618 e. The molecule has 1 N–H and O–H groups in total. The van der Waals surface area contributed by atoms with E-state index in [0.29, 0.717) is 21.9 Å². The van der Waals surface area contributed by atoms with Crippen molar-refractivity contribution in [1.82, 2.24) is 0 Å². The number of carboxylic acid groups (broad SMARTS) is 1. The highest BCUT2D eigenvalue weighted by atomic mass is 16.5. The lowest BCUT2D eigenvalue weighted by molar-refractivity contribution is -0.547. The molecule has 21 heavy (non-hydrogen) atoms. The van der Waals surface area contributed by atoms with Crippen LogP contribution in [0.15, 0.2) is 52.9 Å². The molecule has 2 aromatic carbocycles. The highest BCUT2D eigenvalue weighted by Gasteiger charge is 2.26. The normalized spacial score (nSPS) is 11.4. The third-order valence-corrected chi connectivity index (χ3v) is 3.61. The second-order valence-corrected chi connectivity index (χ2v) is 4.77. The van der Waals surface area contributed by atoms with Crippen LogP contribution in [0.5, 0.6) is 0 Å². The number of furan rings is 1. The highest BCUT2D eigenvalue weighted by Crippen LogP contribution is 2.32. The van der Waals surface area contributed by atoms with Gasteiger partial charge < -0.3 is 14.7 Å². The molecule has 0 aliphatic rings. The molecule has 102 valence electrons. The number of carboxylic acids is 1. The number of fused-ring (bicyclic) bond motifs is 4. The predicted molar refractivity (Wildman–Crippen MR) is 77.1 cm³/mol. The van der Waals surface area contributed by atoms with Gasteiger partial charge in [-0.2, -0.15) is 4.73 Å². The molecule has 5 heteroatoms. The molecule has 0 radical (unpaired) electrons. The fourth-order valence-corrected chi connectivity index (χ4v) is 2.72. The van der Waals surface area contributed by atoms with Crippen molar-refractivity contribution >= 4 is 38.9 Å². The molecule has 2 aromatic heterocycles. The van der Waals surface area contributed by atoms with Gasteiger partial charge in [0.2, 0.25) is 11.1 Å². The van der Waals surface area contributed by atoms with E-state index in [1.807, 2.05) is 0 Å². The van der Waals surface area contributed by atoms with Crippen molar-refractivity contribution in [3.05, 3.63) is 59.3 Å². The number of pyridine rings is 1. The van der Waals surface area contributed by atoms with E-state index in [1.54, 1.807) is 48.5 Å². The van der Waals surface area contributed by atoms with Gasteiger partial charge in [-0.15, -0.1) is 0 Å². The van der Waals surface area contributed by atoms with Gasteiger partial charge in [-0.3, -0.25) is 0 Å². The fraction of sp³-hybridized carbons (Fsp3) is 0. The van der Waals surface area contributed by atoms with Crippen LogP contribution < -0.4 is 4.73 Å². The summed E-state index contributed by atoms with van der Waals surface area (Å²) in [5.74, 6) is -1.11. The lowest BCUT2D eigenvalue weighted by Crippen LogP contribution is -2.28. The number of hydrogen-bond acceptors (Lipinski definition) is 3. The Balaban J connectivity index is 2.40. The van der Waals surface area contributed by atoms with Gasteiger partial charge >= 0.3 is 5.97 Å². The van der Waals surface area contributed by atoms with Crippen LogP contribution in [-0.2, 0) is 0 Å². The number of para-hydroxylation sites is 2. The van der Waals surface area contributed by atoms with E-state index >= 15 is 0 Å². The van der Waals surface area contributed by atoms with Crippen molar-refractivity contribution < 1.29 is 19.0 Å². The molecule has 0 fully saturated rings. The molecular formula is C16H9NO4. The zero-order valence-corrected chi connectivity index (χ0v) is 10.7. The lowest BCUT2D eigenvalue weighted by atomic mass is 10.1. The molecule has 0 atom stereocenters. The lowest BCUT2D eigenvalue weighted by Gasteiger charge is -2.05. The Bertz CT molecular complexity index is 1030. The Morgan fingerprint density at radius 2 is 1.71 bits per heavy atom. The smallest absolute Gasteiger partial charge is 0.340 e. The molecule has 0 bridgehead atoms. The summed E-state index contributed by atoms with van der Waals surface area (Å²) in [5.41, 5.74) is 1.19. The predicted octanol–water partition coefficient (Wildman–Crippen LogP) is 3.07. The Morgan fingerprint density at radius 1 is 1.05 bits per heavy atom. The highest BCUT2D eigenvalue weighted by molar-refractivity contribution is 6.15. The molecule has 0 aliphatic carbocycles. The summed E-state index contributed by atoms with van der Waals surface area (Å²) in [6.45, 7) is 0. The molecule has 0 spiro atoms. The maximum Gasteiger partial charge on any atom is 0.340 e. The van der Waals surface area contributed by atoms with Gasteiger partial charge in [-0.1, -0.05) is 24.3 Å². The van der Waals surface area contributed by atoms with Gasteiger partial charge in [0.05, 0.1) is 10.8 Å². The van der Waals surface area contributed by atoms with Crippen molar-refractivity contribution in [1.29, 1.82) is 0 Å². The van der Waals surface area contributed by atoms with E-state index in [1.165, 1.54) is 0 Å². The second kappa shape index (κ2) is 3.96. The average molecular weight is 279 g/mol. The van der Waals surface area contributed by atoms with Crippen LogP contribution in [0.4, 0.5) is 0 Å². The maximum absolute atomic E-state index is 12.6. The minimum atomic E-state index is -1.11. The summed E-state index contributed by atoms with van der Waals surface area (Å²) in [6.07, 6.45) is 0. The van der Waals surface area contributed by atoms with Gasteiger partial charge in [0.15, 0.2) is 0 Å². The van der Waals surface area contributed by atoms with Crippen LogP contribution in [0, 0.1) is 5.21 Å². The summed E-state index contributed by atoms with van der Waals surface area (Å²) in [7, 11) is 0. The minimum absolute atomic E-state index is 0.0175. The van der Waals surface area contributed by atoms with Crippen molar-refractivity contribution in [2.75, 3.05) is 0 Å². The molecule has 0 aliphatic heterocycles. The third kappa shape index (κ3) is 1.45. The molecule has 0 amide bonds. The average Bonchev–Trinajstić information content (AvgIpc) is 2.86. The van der Waals surface area contributed by atoms with Gasteiger partial charge in [-0.25, -0.2) is 4.79 Å². The molecule has 0 saturated heterocycles. The number of carbonyl (C=O) groups is 1. The summed E-state index contributed by atoms with van der Waals surface area (Å²) in [5, 5.41) is 23.1. The first kappa shape index (κ1) is 11.7. The monoisotopic (exact) mass is 279 g/mol. The molecule has 5 nitrogen and oxygen atoms in total. The number of hydrogen-bond donors (Lipinski definition) is 1. The summed E-state index contributed by atoms with van der Waals surface area (Å²) >= 11 is 0. The van der Waals surface area contributed by atoms with Crippen molar-refractivity contribution in [3.8, 4) is 0 Å². The van der Waals surface area contributed by atoms with Crippen molar-refractivity contribution in [2.24, 2.45) is 0 Å². The van der Waals surface area contributed by atoms with Crippen LogP contribution in [0.2, 0.25) is 0 Å². The zero-order valence-electron chi connectivity index (χ0n) is 10.7. The van der Waals surface area contributed by atoms with E-state index in [4.69, 9.17) is 4.42 Å². The van der Waals surface area contributed by atoms with Crippen LogP contribution in [0.1, 0.15) is 10.4 Å². The fourth-order valence-electron chi connectivity index (χ4n) is 2.72. The zero-order chi connectivity index (χ0) is 14.6. The molecule has 2 heterocycles. The van der Waals surface area contributed by atoms with E-state index < -0.39 is 5.97 Å². The Kier molecular flexibility index (Phi) is 2.21. The first-order valence-electron chi connectivity index (χ1n) is 6.37. The summed E-state index contributed by atoms with van der Waals surface area (Å²) in [4.78, 5) is 11.6. The third-order valence-electron chi connectivity index (χ3n) is 3.61. The van der Waals surface area contributed by atoms with Crippen LogP contribution >= 0.6 is 0 Å². The first-order valence-corrected chi connectivity index (χ1v) is 6.37. The van der Waals surface area contributed by atoms with E-state index in [-0.39, 0.29) is 16.7 Å². The van der Waals surface area contributed by atoms with Crippen molar-refractivity contribution in [3.63, 3.8) is 0 Å². The van der Waals surface area contributed by atoms with Crippen LogP contribution in [0.25, 0.3) is 33.0 Å². The van der Waals surface area contributed by atoms with Crippen LogP contribution in [0.3, 0.4) is 0 Å². The number of benzene rings is 2. The van der Waals surface area contributed by atoms with Gasteiger partial charge in [-0.05, 0) is 18.2 Å². The Morgan fingerprint density at radius 3 is 2.48 bits per heavy atom. The number of nitrogens with zero attached hydrogens (tertiary/aromatic N) is 1. The molecule has 4 rings (SSSR count). The van der Waals surface area contributed by atoms with E-state index in [9.17, 15) is 15.1 Å². The molecule has 0 saturated carbocycles. The van der Waals surface area contributed by atoms with E-state index in [0.717, 1.165) is 4.73 Å². The Hall–Kier alpha value is -3.08. The SMILES string of the molecule is O=C(O)c1c2ccccc2[n+]([O-])c2c1oc1ccccc12. The van der Waals surface area contributed by atoms with Crippen molar-refractivity contribution in [2.45, 2.75) is 0 Å². The van der Waals surface area contributed by atoms with Crippen LogP contribution in [-0.4, -0.2) is 11.1 Å². The maximum atomic E-state index is 12.6. The second-order valence-electron chi connectivity index (χ2n) is 4.77. The van der Waals surface area contributed by atoms with E-state index in [2.05, 4.69) is 0 Å². The standard InChI is InChI=1S/C16H9NO4/c18-16(19)13-9-5-1-3-7-11(9)17(20)14-10-6-2-4-8-12(10)21-15(13)14/h1-8H,(H,18,19). The quantitative estimate of drug-likeness (QED) is 0.429. The van der Waals surface area contributed by atoms with Gasteiger partial charge in [0, 0.05) is 6.07 Å². The number of rotatable bonds is 1. The summed E-state index contributed by atoms with van der Waals surface area (Å²) in [6, 6.07) is 13.6. The topological polar surface area (TPSA) is 77.4 Å².